The van der Waals surface area contributed by atoms with Crippen LogP contribution in [-0.4, -0.2) is 0 Å². The Labute approximate surface area is 88.4 Å². The van der Waals surface area contributed by atoms with Crippen LogP contribution in [-0.2, 0) is 19.3 Å². The lowest BCUT2D eigenvalue weighted by Crippen LogP contribution is -1.95. The van der Waals surface area contributed by atoms with Crippen molar-refractivity contribution in [2.75, 3.05) is 0 Å². The lowest BCUT2D eigenvalue weighted by atomic mass is 9.97. The highest BCUT2D eigenvalue weighted by molar-refractivity contribution is 5.32. The molecule has 0 nitrogen and oxygen atoms in total. The first kappa shape index (κ1) is 11.3. The molecule has 0 amide bonds. The number of hydrogen-bond donors (Lipinski definition) is 0. The molecule has 0 radical (unpaired) electrons. The van der Waals surface area contributed by atoms with E-state index in [-0.39, 0.29) is 0 Å². The number of rotatable bonds is 5. The first-order valence-electron chi connectivity index (χ1n) is 5.92. The topological polar surface area (TPSA) is 0 Å². The maximum atomic E-state index is 2.40. The van der Waals surface area contributed by atoms with E-state index in [4.69, 9.17) is 0 Å². The quantitative estimate of drug-likeness (QED) is 0.654. The van der Waals surface area contributed by atoms with E-state index in [0.29, 0.717) is 0 Å². The third-order valence-electron chi connectivity index (χ3n) is 2.86. The van der Waals surface area contributed by atoms with Gasteiger partial charge in [0.1, 0.15) is 0 Å². The molecule has 78 valence electrons. The van der Waals surface area contributed by atoms with Gasteiger partial charge in [0, 0.05) is 0 Å². The minimum atomic E-state index is 1.16. The highest BCUT2D eigenvalue weighted by Crippen LogP contribution is 2.16. The van der Waals surface area contributed by atoms with Crippen LogP contribution in [0.5, 0.6) is 0 Å². The van der Waals surface area contributed by atoms with E-state index in [1.54, 1.807) is 5.56 Å². The van der Waals surface area contributed by atoms with Crippen molar-refractivity contribution in [3.63, 3.8) is 0 Å². The molecule has 1 aromatic carbocycles. The molecule has 0 spiro atoms. The molecule has 1 aromatic rings. The minimum Gasteiger partial charge on any atom is -0.0654 e. The van der Waals surface area contributed by atoms with Crippen LogP contribution in [0.4, 0.5) is 0 Å². The van der Waals surface area contributed by atoms with Gasteiger partial charge in [-0.05, 0) is 42.4 Å². The van der Waals surface area contributed by atoms with Gasteiger partial charge < -0.3 is 0 Å². The van der Waals surface area contributed by atoms with Gasteiger partial charge in [-0.3, -0.25) is 0 Å². The van der Waals surface area contributed by atoms with Crippen molar-refractivity contribution in [1.82, 2.24) is 0 Å². The summed E-state index contributed by atoms with van der Waals surface area (Å²) in [6, 6.07) is 6.98. The Bertz CT molecular complexity index is 273. The summed E-state index contributed by atoms with van der Waals surface area (Å²) >= 11 is 0. The van der Waals surface area contributed by atoms with Crippen molar-refractivity contribution in [1.29, 1.82) is 0 Å². The molecule has 0 fully saturated rings. The Morgan fingerprint density at radius 1 is 0.929 bits per heavy atom. The van der Waals surface area contributed by atoms with Crippen LogP contribution in [0.15, 0.2) is 18.2 Å². The second-order valence-corrected chi connectivity index (χ2v) is 3.91. The van der Waals surface area contributed by atoms with E-state index in [2.05, 4.69) is 39.0 Å². The van der Waals surface area contributed by atoms with Crippen molar-refractivity contribution in [3.05, 3.63) is 34.9 Å². The van der Waals surface area contributed by atoms with Crippen molar-refractivity contribution in [2.24, 2.45) is 0 Å². The first-order chi connectivity index (χ1) is 6.81. The lowest BCUT2D eigenvalue weighted by Gasteiger charge is -2.09. The minimum absolute atomic E-state index is 1.16. The van der Waals surface area contributed by atoms with E-state index in [9.17, 15) is 0 Å². The summed E-state index contributed by atoms with van der Waals surface area (Å²) in [6.07, 6.45) is 6.19. The van der Waals surface area contributed by atoms with E-state index in [1.807, 2.05) is 0 Å². The van der Waals surface area contributed by atoms with Crippen LogP contribution in [0.2, 0.25) is 0 Å². The van der Waals surface area contributed by atoms with E-state index < -0.39 is 0 Å². The molecule has 0 bridgehead atoms. The van der Waals surface area contributed by atoms with Gasteiger partial charge in [0.05, 0.1) is 0 Å². The van der Waals surface area contributed by atoms with Gasteiger partial charge in [0.2, 0.25) is 0 Å². The standard InChI is InChI=1S/C14H22/c1-4-7-8-14-11-12(5-2)9-10-13(14)6-3/h9-11H,4-8H2,1-3H3. The van der Waals surface area contributed by atoms with Crippen molar-refractivity contribution < 1.29 is 0 Å². The number of aryl methyl sites for hydroxylation is 3. The molecule has 0 N–H and O–H groups in total. The predicted molar refractivity (Wildman–Crippen MR) is 63.8 cm³/mol. The first-order valence-corrected chi connectivity index (χ1v) is 5.92. The molecular formula is C14H22. The predicted octanol–water partition coefficient (Wildman–Crippen LogP) is 4.15. The van der Waals surface area contributed by atoms with Gasteiger partial charge in [0.25, 0.3) is 0 Å². The van der Waals surface area contributed by atoms with Gasteiger partial charge in [-0.1, -0.05) is 45.4 Å². The van der Waals surface area contributed by atoms with Crippen molar-refractivity contribution >= 4 is 0 Å². The molecule has 0 heteroatoms. The summed E-state index contributed by atoms with van der Waals surface area (Å²) in [5.41, 5.74) is 4.60. The molecule has 0 aromatic heterocycles. The van der Waals surface area contributed by atoms with Crippen LogP contribution in [0.1, 0.15) is 50.3 Å². The van der Waals surface area contributed by atoms with E-state index in [1.165, 1.54) is 36.8 Å². The van der Waals surface area contributed by atoms with Crippen LogP contribution in [0, 0.1) is 0 Å². The van der Waals surface area contributed by atoms with Crippen LogP contribution in [0.3, 0.4) is 0 Å². The second-order valence-electron chi connectivity index (χ2n) is 3.91. The van der Waals surface area contributed by atoms with E-state index >= 15 is 0 Å². The summed E-state index contributed by atoms with van der Waals surface area (Å²) in [5.74, 6) is 0. The number of unbranched alkanes of at least 4 members (excludes halogenated alkanes) is 1. The molecule has 0 atom stereocenters. The Morgan fingerprint density at radius 3 is 2.29 bits per heavy atom. The molecular weight excluding hydrogens is 168 g/mol. The van der Waals surface area contributed by atoms with Crippen LogP contribution < -0.4 is 0 Å². The summed E-state index contributed by atoms with van der Waals surface area (Å²) in [5, 5.41) is 0. The third-order valence-corrected chi connectivity index (χ3v) is 2.86. The van der Waals surface area contributed by atoms with Gasteiger partial charge in [0.15, 0.2) is 0 Å². The largest absolute Gasteiger partial charge is 0.0654 e. The average molecular weight is 190 g/mol. The van der Waals surface area contributed by atoms with Crippen LogP contribution in [0.25, 0.3) is 0 Å². The maximum absolute atomic E-state index is 2.40. The molecule has 0 heterocycles. The summed E-state index contributed by atoms with van der Waals surface area (Å²) in [7, 11) is 0. The van der Waals surface area contributed by atoms with Crippen molar-refractivity contribution in [2.45, 2.75) is 52.9 Å². The maximum Gasteiger partial charge on any atom is -0.0276 e. The SMILES string of the molecule is CCCCc1cc(CC)ccc1CC. The Hall–Kier alpha value is -0.780. The average Bonchev–Trinajstić information content (AvgIpc) is 2.25. The fraction of sp³-hybridized carbons (Fsp3) is 0.571. The van der Waals surface area contributed by atoms with Crippen molar-refractivity contribution in [3.8, 4) is 0 Å². The highest BCUT2D eigenvalue weighted by Gasteiger charge is 2.01. The Kier molecular flexibility index (Phi) is 4.72. The zero-order chi connectivity index (χ0) is 10.4. The van der Waals surface area contributed by atoms with Gasteiger partial charge in [-0.15, -0.1) is 0 Å². The highest BCUT2D eigenvalue weighted by atomic mass is 14.1. The van der Waals surface area contributed by atoms with Gasteiger partial charge >= 0.3 is 0 Å². The molecule has 0 saturated carbocycles. The molecule has 14 heavy (non-hydrogen) atoms. The Balaban J connectivity index is 2.84. The van der Waals surface area contributed by atoms with Gasteiger partial charge in [-0.2, -0.15) is 0 Å². The monoisotopic (exact) mass is 190 g/mol. The summed E-state index contributed by atoms with van der Waals surface area (Å²) in [4.78, 5) is 0. The molecule has 0 aliphatic heterocycles. The molecule has 0 aliphatic carbocycles. The number of benzene rings is 1. The third kappa shape index (κ3) is 2.87. The molecule has 1 rings (SSSR count). The van der Waals surface area contributed by atoms with Gasteiger partial charge in [-0.25, -0.2) is 0 Å². The zero-order valence-corrected chi connectivity index (χ0v) is 9.77. The molecule has 0 saturated heterocycles. The summed E-state index contributed by atoms with van der Waals surface area (Å²) in [6.45, 7) is 6.73. The fourth-order valence-corrected chi connectivity index (χ4v) is 1.84. The smallest absolute Gasteiger partial charge is 0.0276 e. The van der Waals surface area contributed by atoms with E-state index in [0.717, 1.165) is 6.42 Å². The number of hydrogen-bond acceptors (Lipinski definition) is 0. The molecule has 0 aliphatic rings. The fourth-order valence-electron chi connectivity index (χ4n) is 1.84. The zero-order valence-electron chi connectivity index (χ0n) is 9.77. The van der Waals surface area contributed by atoms with Crippen LogP contribution >= 0.6 is 0 Å². The molecule has 0 unspecified atom stereocenters. The Morgan fingerprint density at radius 2 is 1.71 bits per heavy atom. The normalized spacial score (nSPS) is 10.5. The summed E-state index contributed by atoms with van der Waals surface area (Å²) < 4.78 is 0. The lowest BCUT2D eigenvalue weighted by molar-refractivity contribution is 0.785. The second kappa shape index (κ2) is 5.85.